The van der Waals surface area contributed by atoms with Crippen LogP contribution in [0.25, 0.3) is 0 Å². The molecule has 0 aliphatic heterocycles. The summed E-state index contributed by atoms with van der Waals surface area (Å²) in [6.45, 7) is 0.305. The van der Waals surface area contributed by atoms with Gasteiger partial charge in [-0.1, -0.05) is 17.7 Å². The molecule has 1 amide bonds. The van der Waals surface area contributed by atoms with E-state index in [1.165, 1.54) is 17.1 Å². The number of anilines is 1. The van der Waals surface area contributed by atoms with Crippen LogP contribution in [0.3, 0.4) is 0 Å². The number of aromatic nitrogens is 2. The highest BCUT2D eigenvalue weighted by atomic mass is 35.5. The number of benzene rings is 1. The van der Waals surface area contributed by atoms with E-state index < -0.39 is 5.97 Å². The standard InChI is InChI=1S/C13H12ClN3O3/c14-10-2-1-3-11(6-10)16-12(18)4-5-17-8-9(7-15-17)13(19)20/h1-3,6-8H,4-5H2,(H,16,18)(H,19,20). The number of hydrogen-bond donors (Lipinski definition) is 2. The molecule has 1 aromatic carbocycles. The molecule has 7 heteroatoms. The van der Waals surface area contributed by atoms with E-state index in [9.17, 15) is 9.59 Å². The Bertz CT molecular complexity index is 639. The second-order valence-electron chi connectivity index (χ2n) is 4.11. The normalized spacial score (nSPS) is 10.2. The Morgan fingerprint density at radius 2 is 2.20 bits per heavy atom. The Balaban J connectivity index is 1.87. The van der Waals surface area contributed by atoms with E-state index in [0.29, 0.717) is 17.3 Å². The molecule has 0 atom stereocenters. The number of hydrogen-bond acceptors (Lipinski definition) is 3. The first-order valence-corrected chi connectivity index (χ1v) is 6.23. The second kappa shape index (κ2) is 6.21. The molecule has 0 saturated heterocycles. The summed E-state index contributed by atoms with van der Waals surface area (Å²) < 4.78 is 1.42. The first-order valence-electron chi connectivity index (χ1n) is 5.86. The summed E-state index contributed by atoms with van der Waals surface area (Å²) in [6, 6.07) is 6.84. The van der Waals surface area contributed by atoms with Crippen molar-refractivity contribution in [1.82, 2.24) is 9.78 Å². The van der Waals surface area contributed by atoms with Crippen molar-refractivity contribution in [2.45, 2.75) is 13.0 Å². The fourth-order valence-corrected chi connectivity index (χ4v) is 1.79. The van der Waals surface area contributed by atoms with E-state index >= 15 is 0 Å². The Morgan fingerprint density at radius 1 is 1.40 bits per heavy atom. The van der Waals surface area contributed by atoms with Crippen LogP contribution in [0.4, 0.5) is 5.69 Å². The first-order chi connectivity index (χ1) is 9.54. The molecular formula is C13H12ClN3O3. The van der Waals surface area contributed by atoms with E-state index in [0.717, 1.165) is 0 Å². The van der Waals surface area contributed by atoms with Gasteiger partial charge in [0.15, 0.2) is 0 Å². The fraction of sp³-hybridized carbons (Fsp3) is 0.154. The lowest BCUT2D eigenvalue weighted by Crippen LogP contribution is -2.14. The quantitative estimate of drug-likeness (QED) is 0.885. The summed E-state index contributed by atoms with van der Waals surface area (Å²) in [5, 5.41) is 15.9. The molecule has 0 bridgehead atoms. The number of aromatic carboxylic acids is 1. The Hall–Kier alpha value is -2.34. The molecule has 0 aliphatic rings. The van der Waals surface area contributed by atoms with Crippen LogP contribution < -0.4 is 5.32 Å². The maximum absolute atomic E-state index is 11.7. The van der Waals surface area contributed by atoms with Gasteiger partial charge < -0.3 is 10.4 Å². The van der Waals surface area contributed by atoms with Crippen molar-refractivity contribution in [2.24, 2.45) is 0 Å². The highest BCUT2D eigenvalue weighted by Crippen LogP contribution is 2.15. The molecule has 2 rings (SSSR count). The molecule has 2 N–H and O–H groups in total. The fourth-order valence-electron chi connectivity index (χ4n) is 1.60. The summed E-state index contributed by atoms with van der Waals surface area (Å²) in [5.74, 6) is -1.24. The van der Waals surface area contributed by atoms with Gasteiger partial charge in [0.1, 0.15) is 0 Å². The predicted octanol–water partition coefficient (Wildman–Crippen LogP) is 2.26. The van der Waals surface area contributed by atoms with Crippen molar-refractivity contribution in [3.63, 3.8) is 0 Å². The van der Waals surface area contributed by atoms with Gasteiger partial charge in [-0.2, -0.15) is 5.10 Å². The molecule has 104 valence electrons. The van der Waals surface area contributed by atoms with Crippen LogP contribution in [0.5, 0.6) is 0 Å². The topological polar surface area (TPSA) is 84.2 Å². The average Bonchev–Trinajstić information content (AvgIpc) is 2.85. The van der Waals surface area contributed by atoms with E-state index in [1.807, 2.05) is 0 Å². The monoisotopic (exact) mass is 293 g/mol. The summed E-state index contributed by atoms with van der Waals surface area (Å²) in [7, 11) is 0. The molecule has 0 radical (unpaired) electrons. The molecule has 0 spiro atoms. The van der Waals surface area contributed by atoms with Gasteiger partial charge in [0.05, 0.1) is 11.8 Å². The van der Waals surface area contributed by atoms with Crippen LogP contribution in [0.1, 0.15) is 16.8 Å². The van der Waals surface area contributed by atoms with E-state index in [1.54, 1.807) is 24.3 Å². The highest BCUT2D eigenvalue weighted by molar-refractivity contribution is 6.30. The second-order valence-corrected chi connectivity index (χ2v) is 4.54. The number of carbonyl (C=O) groups excluding carboxylic acids is 1. The van der Waals surface area contributed by atoms with Crippen molar-refractivity contribution < 1.29 is 14.7 Å². The van der Waals surface area contributed by atoms with Gasteiger partial charge in [-0.05, 0) is 18.2 Å². The number of carboxylic acids is 1. The number of carboxylic acid groups (broad SMARTS) is 1. The smallest absolute Gasteiger partial charge is 0.338 e. The predicted molar refractivity (Wildman–Crippen MR) is 73.9 cm³/mol. The van der Waals surface area contributed by atoms with Crippen LogP contribution in [0.15, 0.2) is 36.7 Å². The van der Waals surface area contributed by atoms with Crippen LogP contribution in [0, 0.1) is 0 Å². The van der Waals surface area contributed by atoms with Crippen molar-refractivity contribution in [3.8, 4) is 0 Å². The number of halogens is 1. The van der Waals surface area contributed by atoms with E-state index in [-0.39, 0.29) is 17.9 Å². The lowest BCUT2D eigenvalue weighted by Gasteiger charge is -2.05. The molecule has 1 heterocycles. The van der Waals surface area contributed by atoms with Gasteiger partial charge in [-0.3, -0.25) is 9.48 Å². The number of aryl methyl sites for hydroxylation is 1. The lowest BCUT2D eigenvalue weighted by atomic mass is 10.3. The van der Waals surface area contributed by atoms with Gasteiger partial charge in [-0.15, -0.1) is 0 Å². The van der Waals surface area contributed by atoms with Gasteiger partial charge in [-0.25, -0.2) is 4.79 Å². The van der Waals surface area contributed by atoms with E-state index in [4.69, 9.17) is 16.7 Å². The third-order valence-electron chi connectivity index (χ3n) is 2.56. The summed E-state index contributed by atoms with van der Waals surface area (Å²) in [4.78, 5) is 22.4. The van der Waals surface area contributed by atoms with Crippen molar-refractivity contribution >= 4 is 29.2 Å². The Morgan fingerprint density at radius 3 is 2.85 bits per heavy atom. The van der Waals surface area contributed by atoms with Crippen LogP contribution in [0.2, 0.25) is 5.02 Å². The van der Waals surface area contributed by atoms with Gasteiger partial charge in [0.25, 0.3) is 0 Å². The van der Waals surface area contributed by atoms with Crippen LogP contribution >= 0.6 is 11.6 Å². The highest BCUT2D eigenvalue weighted by Gasteiger charge is 2.07. The molecule has 0 unspecified atom stereocenters. The van der Waals surface area contributed by atoms with Gasteiger partial charge >= 0.3 is 5.97 Å². The van der Waals surface area contributed by atoms with Gasteiger partial charge in [0.2, 0.25) is 5.91 Å². The maximum atomic E-state index is 11.7. The molecule has 0 aliphatic carbocycles. The SMILES string of the molecule is O=C(CCn1cc(C(=O)O)cn1)Nc1cccc(Cl)c1. The molecule has 6 nitrogen and oxygen atoms in total. The zero-order chi connectivity index (χ0) is 14.5. The summed E-state index contributed by atoms with van der Waals surface area (Å²) >= 11 is 5.81. The largest absolute Gasteiger partial charge is 0.478 e. The minimum absolute atomic E-state index is 0.0975. The number of nitrogens with zero attached hydrogens (tertiary/aromatic N) is 2. The zero-order valence-corrected chi connectivity index (χ0v) is 11.2. The number of amides is 1. The molecular weight excluding hydrogens is 282 g/mol. The third-order valence-corrected chi connectivity index (χ3v) is 2.79. The van der Waals surface area contributed by atoms with Gasteiger partial charge in [0, 0.05) is 29.9 Å². The van der Waals surface area contributed by atoms with Crippen molar-refractivity contribution in [3.05, 3.63) is 47.2 Å². The molecule has 0 saturated carbocycles. The lowest BCUT2D eigenvalue weighted by molar-refractivity contribution is -0.116. The Kier molecular flexibility index (Phi) is 4.37. The minimum Gasteiger partial charge on any atom is -0.478 e. The van der Waals surface area contributed by atoms with Crippen LogP contribution in [-0.4, -0.2) is 26.8 Å². The summed E-state index contributed by atoms with van der Waals surface area (Å²) in [6.07, 6.45) is 2.82. The molecule has 20 heavy (non-hydrogen) atoms. The number of rotatable bonds is 5. The Labute approximate surface area is 120 Å². The number of nitrogens with one attached hydrogen (secondary N) is 1. The van der Waals surface area contributed by atoms with Crippen LogP contribution in [-0.2, 0) is 11.3 Å². The van der Waals surface area contributed by atoms with E-state index in [2.05, 4.69) is 10.4 Å². The zero-order valence-electron chi connectivity index (χ0n) is 10.4. The maximum Gasteiger partial charge on any atom is 0.338 e. The number of carbonyl (C=O) groups is 2. The minimum atomic E-state index is -1.04. The molecule has 0 fully saturated rings. The van der Waals surface area contributed by atoms with Crippen molar-refractivity contribution in [1.29, 1.82) is 0 Å². The molecule has 2 aromatic rings. The average molecular weight is 294 g/mol. The van der Waals surface area contributed by atoms with Crippen molar-refractivity contribution in [2.75, 3.05) is 5.32 Å². The summed E-state index contributed by atoms with van der Waals surface area (Å²) in [5.41, 5.74) is 0.717. The molecule has 1 aromatic heterocycles. The first kappa shape index (κ1) is 14.1. The third kappa shape index (κ3) is 3.83.